The minimum absolute atomic E-state index is 0.0766. The number of ether oxygens (including phenoxy) is 1. The molecule has 0 spiro atoms. The van der Waals surface area contributed by atoms with Crippen LogP contribution in [0.3, 0.4) is 0 Å². The zero-order valence-corrected chi connectivity index (χ0v) is 14.2. The van der Waals surface area contributed by atoms with Gasteiger partial charge >= 0.3 is 5.97 Å². The molecule has 0 saturated carbocycles. The van der Waals surface area contributed by atoms with E-state index in [0.29, 0.717) is 11.2 Å². The first-order valence-corrected chi connectivity index (χ1v) is 8.21. The van der Waals surface area contributed by atoms with Gasteiger partial charge in [0.05, 0.1) is 0 Å². The molecule has 3 heterocycles. The molecule has 1 aliphatic rings. The van der Waals surface area contributed by atoms with Gasteiger partial charge in [-0.15, -0.1) is 0 Å². The number of nitrogen functional groups attached to an aromatic ring is 1. The Hall–Kier alpha value is -2.80. The van der Waals surface area contributed by atoms with Crippen LogP contribution in [0.4, 0.5) is 5.82 Å². The van der Waals surface area contributed by atoms with E-state index in [9.17, 15) is 15.0 Å². The number of aliphatic hydroxyl groups is 2. The number of nitrogens with zero attached hydrogens (tertiary/aromatic N) is 4. The van der Waals surface area contributed by atoms with Gasteiger partial charge in [0.1, 0.15) is 42.2 Å². The highest BCUT2D eigenvalue weighted by Gasteiger charge is 2.41. The number of fused-ring (bicyclic) bond motifs is 1. The van der Waals surface area contributed by atoms with Crippen LogP contribution in [-0.4, -0.2) is 65.1 Å². The number of carboxylic acids is 1. The highest BCUT2D eigenvalue weighted by molar-refractivity contribution is 5.81. The molecule has 0 aliphatic carbocycles. The smallest absolute Gasteiger partial charge is 0.320 e. The van der Waals surface area contributed by atoms with E-state index in [-0.39, 0.29) is 24.4 Å². The molecule has 2 unspecified atom stereocenters. The lowest BCUT2D eigenvalue weighted by Crippen LogP contribution is -2.32. The quantitative estimate of drug-likeness (QED) is 0.325. The van der Waals surface area contributed by atoms with Crippen molar-refractivity contribution in [3.63, 3.8) is 0 Å². The number of hydrogen-bond acceptors (Lipinski definition) is 10. The van der Waals surface area contributed by atoms with Crippen LogP contribution >= 0.6 is 0 Å². The summed E-state index contributed by atoms with van der Waals surface area (Å²) in [5.41, 5.74) is 17.8. The summed E-state index contributed by atoms with van der Waals surface area (Å²) in [5, 5.41) is 29.4. The number of aliphatic hydroxyl groups excluding tert-OH is 2. The molecule has 2 aromatic heterocycles. The van der Waals surface area contributed by atoms with E-state index in [2.05, 4.69) is 15.0 Å². The van der Waals surface area contributed by atoms with Gasteiger partial charge in [-0.2, -0.15) is 0 Å². The van der Waals surface area contributed by atoms with Gasteiger partial charge in [0.2, 0.25) is 6.23 Å². The lowest BCUT2D eigenvalue weighted by atomic mass is 10.1. The van der Waals surface area contributed by atoms with E-state index >= 15 is 0 Å². The van der Waals surface area contributed by atoms with Crippen molar-refractivity contribution in [2.24, 2.45) is 11.5 Å². The van der Waals surface area contributed by atoms with Crippen LogP contribution in [0, 0.1) is 0 Å². The summed E-state index contributed by atoms with van der Waals surface area (Å²) < 4.78 is 7.10. The van der Waals surface area contributed by atoms with Crippen LogP contribution in [0.25, 0.3) is 11.2 Å². The number of carboxylic acid groups (broad SMARTS) is 1. The van der Waals surface area contributed by atoms with E-state index < -0.39 is 36.5 Å². The first kappa shape index (κ1) is 19.0. The van der Waals surface area contributed by atoms with Gasteiger partial charge < -0.3 is 37.3 Å². The first-order chi connectivity index (χ1) is 12.8. The number of imidazole rings is 1. The minimum Gasteiger partial charge on any atom is -0.480 e. The van der Waals surface area contributed by atoms with Gasteiger partial charge in [0.25, 0.3) is 0 Å². The van der Waals surface area contributed by atoms with Gasteiger partial charge in [-0.05, 0) is 18.9 Å². The van der Waals surface area contributed by atoms with Crippen molar-refractivity contribution in [3.05, 3.63) is 24.5 Å². The maximum absolute atomic E-state index is 10.7. The third kappa shape index (κ3) is 3.68. The van der Waals surface area contributed by atoms with E-state index in [1.165, 1.54) is 23.3 Å². The maximum atomic E-state index is 10.7. The van der Waals surface area contributed by atoms with Crippen LogP contribution in [0.15, 0.2) is 24.5 Å². The molecular formula is C15H21N7O5. The SMILES string of the molecule is Nc1ncnc2c1ncn2[C@@H]1O/C(=C/C(N)CCC(N)C(=O)O)[C@@H](O)[C@H]1O. The Kier molecular flexibility index (Phi) is 5.23. The third-order valence-corrected chi connectivity index (χ3v) is 4.33. The van der Waals surface area contributed by atoms with Crippen molar-refractivity contribution in [2.75, 3.05) is 5.73 Å². The number of nitrogens with two attached hydrogens (primary N) is 3. The Morgan fingerprint density at radius 3 is 2.74 bits per heavy atom. The number of carbonyl (C=O) groups is 1. The molecule has 1 aliphatic heterocycles. The predicted octanol–water partition coefficient (Wildman–Crippen LogP) is -1.94. The standard InChI is InChI=1S/C15H21N7O5/c16-6(1-2-7(17)15(25)26)3-8-10(23)11(24)14(27-8)22-5-21-9-12(18)19-4-20-13(9)22/h3-7,10-11,14,23-24H,1-2,16-17H2,(H,25,26)(H2,18,19,20)/b8-3+/t6?,7?,10-,11-,14-/m1/s1. The monoisotopic (exact) mass is 379 g/mol. The van der Waals surface area contributed by atoms with E-state index in [1.54, 1.807) is 0 Å². The van der Waals surface area contributed by atoms with Crippen molar-refractivity contribution in [1.82, 2.24) is 19.5 Å². The van der Waals surface area contributed by atoms with Gasteiger partial charge in [-0.1, -0.05) is 0 Å². The zero-order chi connectivity index (χ0) is 19.7. The summed E-state index contributed by atoms with van der Waals surface area (Å²) in [6, 6.07) is -1.63. The molecule has 1 saturated heterocycles. The molecular weight excluding hydrogens is 358 g/mol. The first-order valence-electron chi connectivity index (χ1n) is 8.21. The lowest BCUT2D eigenvalue weighted by molar-refractivity contribution is -0.138. The molecule has 3 rings (SSSR count). The minimum atomic E-state index is -1.31. The maximum Gasteiger partial charge on any atom is 0.320 e. The summed E-state index contributed by atoms with van der Waals surface area (Å²) >= 11 is 0. The Morgan fingerprint density at radius 2 is 2.04 bits per heavy atom. The summed E-state index contributed by atoms with van der Waals surface area (Å²) in [4.78, 5) is 22.8. The Morgan fingerprint density at radius 1 is 1.30 bits per heavy atom. The fourth-order valence-corrected chi connectivity index (χ4v) is 2.81. The number of aromatic nitrogens is 4. The zero-order valence-electron chi connectivity index (χ0n) is 14.2. The molecule has 146 valence electrons. The van der Waals surface area contributed by atoms with Crippen molar-refractivity contribution in [2.45, 2.75) is 43.4 Å². The average molecular weight is 379 g/mol. The molecule has 2 aromatic rings. The molecule has 0 radical (unpaired) electrons. The third-order valence-electron chi connectivity index (χ3n) is 4.33. The summed E-state index contributed by atoms with van der Waals surface area (Å²) in [5.74, 6) is -0.858. The van der Waals surface area contributed by atoms with E-state index in [4.69, 9.17) is 27.0 Å². The molecule has 1 fully saturated rings. The van der Waals surface area contributed by atoms with Gasteiger partial charge in [0.15, 0.2) is 11.5 Å². The van der Waals surface area contributed by atoms with Gasteiger partial charge in [-0.25, -0.2) is 15.0 Å². The molecule has 0 aromatic carbocycles. The van der Waals surface area contributed by atoms with Crippen LogP contribution in [0.2, 0.25) is 0 Å². The van der Waals surface area contributed by atoms with E-state index in [1.807, 2.05) is 0 Å². The van der Waals surface area contributed by atoms with Gasteiger partial charge in [-0.3, -0.25) is 9.36 Å². The fourth-order valence-electron chi connectivity index (χ4n) is 2.81. The lowest BCUT2D eigenvalue weighted by Gasteiger charge is -2.16. The number of anilines is 1. The van der Waals surface area contributed by atoms with Crippen LogP contribution in [0.1, 0.15) is 19.1 Å². The second-order valence-corrected chi connectivity index (χ2v) is 6.28. The molecule has 12 nitrogen and oxygen atoms in total. The number of aliphatic carboxylic acids is 1. The van der Waals surface area contributed by atoms with Crippen molar-refractivity contribution >= 4 is 23.0 Å². The molecule has 5 atom stereocenters. The largest absolute Gasteiger partial charge is 0.480 e. The second kappa shape index (κ2) is 7.44. The average Bonchev–Trinajstić information content (AvgIpc) is 3.17. The Bertz CT molecular complexity index is 869. The summed E-state index contributed by atoms with van der Waals surface area (Å²) in [6.45, 7) is 0. The van der Waals surface area contributed by atoms with Gasteiger partial charge in [0, 0.05) is 6.04 Å². The summed E-state index contributed by atoms with van der Waals surface area (Å²) in [7, 11) is 0. The molecule has 0 amide bonds. The Labute approximate surface area is 153 Å². The highest BCUT2D eigenvalue weighted by atomic mass is 16.5. The van der Waals surface area contributed by atoms with Crippen LogP contribution in [-0.2, 0) is 9.53 Å². The molecule has 12 heteroatoms. The summed E-state index contributed by atoms with van der Waals surface area (Å²) in [6.07, 6.45) is 0.904. The highest BCUT2D eigenvalue weighted by Crippen LogP contribution is 2.34. The predicted molar refractivity (Wildman–Crippen MR) is 92.8 cm³/mol. The number of hydrogen-bond donors (Lipinski definition) is 6. The molecule has 0 bridgehead atoms. The van der Waals surface area contributed by atoms with Crippen LogP contribution < -0.4 is 17.2 Å². The van der Waals surface area contributed by atoms with Crippen LogP contribution in [0.5, 0.6) is 0 Å². The topological polar surface area (TPSA) is 209 Å². The molecule has 9 N–H and O–H groups in total. The van der Waals surface area contributed by atoms with Crippen molar-refractivity contribution < 1.29 is 24.9 Å². The normalized spacial score (nSPS) is 26.2. The van der Waals surface area contributed by atoms with Crippen molar-refractivity contribution in [3.8, 4) is 0 Å². The molecule has 27 heavy (non-hydrogen) atoms. The Balaban J connectivity index is 1.77. The number of rotatable bonds is 6. The van der Waals surface area contributed by atoms with E-state index in [0.717, 1.165) is 0 Å². The second-order valence-electron chi connectivity index (χ2n) is 6.28. The van der Waals surface area contributed by atoms with Crippen molar-refractivity contribution in [1.29, 1.82) is 0 Å². The fraction of sp³-hybridized carbons (Fsp3) is 0.467.